The number of amides is 1. The number of hydrogen-bond acceptors (Lipinski definition) is 1. The highest BCUT2D eigenvalue weighted by molar-refractivity contribution is 5.92. The SMILES string of the molecule is Cc1cccc(C(CC(=O)Nc2cc(C)ccc2C)n2cccc2)c1. The molecule has 1 heterocycles. The van der Waals surface area contributed by atoms with Crippen LogP contribution in [0.5, 0.6) is 0 Å². The molecule has 1 unspecified atom stereocenters. The maximum absolute atomic E-state index is 12.7. The van der Waals surface area contributed by atoms with Gasteiger partial charge in [-0.15, -0.1) is 0 Å². The summed E-state index contributed by atoms with van der Waals surface area (Å²) in [5.41, 5.74) is 5.45. The van der Waals surface area contributed by atoms with Gasteiger partial charge in [0.05, 0.1) is 12.5 Å². The van der Waals surface area contributed by atoms with Crippen molar-refractivity contribution >= 4 is 11.6 Å². The Morgan fingerprint density at radius 1 is 0.960 bits per heavy atom. The molecule has 0 radical (unpaired) electrons. The van der Waals surface area contributed by atoms with Crippen LogP contribution in [0.1, 0.15) is 34.7 Å². The van der Waals surface area contributed by atoms with Crippen LogP contribution < -0.4 is 5.32 Å². The second-order valence-corrected chi connectivity index (χ2v) is 6.63. The molecule has 3 aromatic rings. The molecule has 0 aliphatic heterocycles. The number of carbonyl (C=O) groups is 1. The van der Waals surface area contributed by atoms with Gasteiger partial charge in [0.25, 0.3) is 0 Å². The molecule has 0 fully saturated rings. The summed E-state index contributed by atoms with van der Waals surface area (Å²) >= 11 is 0. The average molecular weight is 332 g/mol. The predicted molar refractivity (Wildman–Crippen MR) is 103 cm³/mol. The van der Waals surface area contributed by atoms with E-state index in [4.69, 9.17) is 0 Å². The zero-order valence-corrected chi connectivity index (χ0v) is 15.0. The predicted octanol–water partition coefficient (Wildman–Crippen LogP) is 5.03. The number of benzene rings is 2. The molecule has 0 saturated heterocycles. The highest BCUT2D eigenvalue weighted by Crippen LogP contribution is 2.25. The topological polar surface area (TPSA) is 34.0 Å². The van der Waals surface area contributed by atoms with Gasteiger partial charge >= 0.3 is 0 Å². The Labute approximate surface area is 149 Å². The van der Waals surface area contributed by atoms with Crippen LogP contribution in [0.3, 0.4) is 0 Å². The minimum Gasteiger partial charge on any atom is -0.346 e. The quantitative estimate of drug-likeness (QED) is 0.698. The summed E-state index contributed by atoms with van der Waals surface area (Å²) in [6.07, 6.45) is 4.42. The van der Waals surface area contributed by atoms with Crippen molar-refractivity contribution in [3.05, 3.63) is 89.2 Å². The van der Waals surface area contributed by atoms with Crippen LogP contribution in [0, 0.1) is 20.8 Å². The van der Waals surface area contributed by atoms with Crippen LogP contribution in [0.25, 0.3) is 0 Å². The summed E-state index contributed by atoms with van der Waals surface area (Å²) < 4.78 is 2.09. The van der Waals surface area contributed by atoms with Gasteiger partial charge in [0.2, 0.25) is 5.91 Å². The molecule has 2 aromatic carbocycles. The highest BCUT2D eigenvalue weighted by atomic mass is 16.1. The first-order chi connectivity index (χ1) is 12.0. The third-order valence-electron chi connectivity index (χ3n) is 4.46. The van der Waals surface area contributed by atoms with Gasteiger partial charge in [0, 0.05) is 18.1 Å². The van der Waals surface area contributed by atoms with Crippen LogP contribution in [0.4, 0.5) is 5.69 Å². The van der Waals surface area contributed by atoms with E-state index in [2.05, 4.69) is 41.1 Å². The van der Waals surface area contributed by atoms with Gasteiger partial charge in [-0.1, -0.05) is 42.0 Å². The van der Waals surface area contributed by atoms with E-state index < -0.39 is 0 Å². The smallest absolute Gasteiger partial charge is 0.226 e. The molecule has 0 saturated carbocycles. The lowest BCUT2D eigenvalue weighted by atomic mass is 10.0. The molecule has 1 aromatic heterocycles. The van der Waals surface area contributed by atoms with Crippen LogP contribution in [0.2, 0.25) is 0 Å². The van der Waals surface area contributed by atoms with E-state index >= 15 is 0 Å². The van der Waals surface area contributed by atoms with Gasteiger partial charge in [-0.25, -0.2) is 0 Å². The lowest BCUT2D eigenvalue weighted by Gasteiger charge is -2.20. The lowest BCUT2D eigenvalue weighted by molar-refractivity contribution is -0.116. The maximum atomic E-state index is 12.7. The van der Waals surface area contributed by atoms with Crippen molar-refractivity contribution < 1.29 is 4.79 Å². The molecule has 0 aliphatic rings. The normalized spacial score (nSPS) is 12.0. The number of aromatic nitrogens is 1. The first-order valence-electron chi connectivity index (χ1n) is 8.59. The van der Waals surface area contributed by atoms with Crippen molar-refractivity contribution in [3.8, 4) is 0 Å². The summed E-state index contributed by atoms with van der Waals surface area (Å²) in [6.45, 7) is 6.12. The number of carbonyl (C=O) groups excluding carboxylic acids is 1. The van der Waals surface area contributed by atoms with E-state index in [1.165, 1.54) is 5.56 Å². The molecule has 0 spiro atoms. The largest absolute Gasteiger partial charge is 0.346 e. The van der Waals surface area contributed by atoms with Gasteiger partial charge in [0.15, 0.2) is 0 Å². The fraction of sp³-hybridized carbons (Fsp3) is 0.227. The molecule has 25 heavy (non-hydrogen) atoms. The molecule has 1 N–H and O–H groups in total. The Balaban J connectivity index is 1.83. The lowest BCUT2D eigenvalue weighted by Crippen LogP contribution is -2.20. The van der Waals surface area contributed by atoms with Gasteiger partial charge < -0.3 is 9.88 Å². The monoisotopic (exact) mass is 332 g/mol. The summed E-state index contributed by atoms with van der Waals surface area (Å²) in [5.74, 6) is 0.0221. The molecular weight excluding hydrogens is 308 g/mol. The third kappa shape index (κ3) is 4.18. The second kappa shape index (κ2) is 7.39. The molecule has 1 atom stereocenters. The van der Waals surface area contributed by atoms with Crippen molar-refractivity contribution in [2.24, 2.45) is 0 Å². The summed E-state index contributed by atoms with van der Waals surface area (Å²) in [7, 11) is 0. The first-order valence-corrected chi connectivity index (χ1v) is 8.59. The number of rotatable bonds is 5. The Morgan fingerprint density at radius 3 is 2.40 bits per heavy atom. The summed E-state index contributed by atoms with van der Waals surface area (Å²) in [6, 6.07) is 18.4. The zero-order valence-electron chi connectivity index (χ0n) is 15.0. The average Bonchev–Trinajstić information content (AvgIpc) is 3.10. The standard InChI is InChI=1S/C22H24N2O/c1-16-7-6-8-19(13-16)21(24-11-4-5-12-24)15-22(25)23-20-14-17(2)9-10-18(20)3/h4-14,21H,15H2,1-3H3,(H,23,25). The Hall–Kier alpha value is -2.81. The molecule has 3 heteroatoms. The van der Waals surface area contributed by atoms with Crippen LogP contribution in [-0.4, -0.2) is 10.5 Å². The molecule has 3 rings (SSSR count). The van der Waals surface area contributed by atoms with E-state index in [0.717, 1.165) is 22.4 Å². The van der Waals surface area contributed by atoms with Crippen LogP contribution in [-0.2, 0) is 4.79 Å². The van der Waals surface area contributed by atoms with E-state index in [9.17, 15) is 4.79 Å². The molecule has 1 amide bonds. The van der Waals surface area contributed by atoms with Crippen molar-refractivity contribution in [1.29, 1.82) is 0 Å². The molecule has 0 bridgehead atoms. The van der Waals surface area contributed by atoms with E-state index in [-0.39, 0.29) is 11.9 Å². The fourth-order valence-corrected chi connectivity index (χ4v) is 3.08. The summed E-state index contributed by atoms with van der Waals surface area (Å²) in [5, 5.41) is 3.08. The number of nitrogens with one attached hydrogen (secondary N) is 1. The van der Waals surface area contributed by atoms with Crippen molar-refractivity contribution in [3.63, 3.8) is 0 Å². The van der Waals surface area contributed by atoms with Crippen molar-refractivity contribution in [2.75, 3.05) is 5.32 Å². The van der Waals surface area contributed by atoms with E-state index in [1.807, 2.05) is 56.6 Å². The Morgan fingerprint density at radius 2 is 1.68 bits per heavy atom. The zero-order chi connectivity index (χ0) is 17.8. The van der Waals surface area contributed by atoms with Crippen LogP contribution >= 0.6 is 0 Å². The van der Waals surface area contributed by atoms with Gasteiger partial charge in [-0.3, -0.25) is 4.79 Å². The van der Waals surface area contributed by atoms with Crippen molar-refractivity contribution in [2.45, 2.75) is 33.2 Å². The van der Waals surface area contributed by atoms with E-state index in [0.29, 0.717) is 6.42 Å². The minimum atomic E-state index is -0.0139. The highest BCUT2D eigenvalue weighted by Gasteiger charge is 2.18. The van der Waals surface area contributed by atoms with Crippen LogP contribution in [0.15, 0.2) is 67.0 Å². The molecule has 3 nitrogen and oxygen atoms in total. The van der Waals surface area contributed by atoms with Gasteiger partial charge in [0.1, 0.15) is 0 Å². The second-order valence-electron chi connectivity index (χ2n) is 6.63. The van der Waals surface area contributed by atoms with Crippen molar-refractivity contribution in [1.82, 2.24) is 4.57 Å². The third-order valence-corrected chi connectivity index (χ3v) is 4.46. The fourth-order valence-electron chi connectivity index (χ4n) is 3.08. The van der Waals surface area contributed by atoms with E-state index in [1.54, 1.807) is 0 Å². The van der Waals surface area contributed by atoms with Gasteiger partial charge in [-0.05, 0) is 55.7 Å². The minimum absolute atomic E-state index is 0.0139. The Bertz CT molecular complexity index is 865. The van der Waals surface area contributed by atoms with Gasteiger partial charge in [-0.2, -0.15) is 0 Å². The maximum Gasteiger partial charge on any atom is 0.226 e. The summed E-state index contributed by atoms with van der Waals surface area (Å²) in [4.78, 5) is 12.7. The molecule has 0 aliphatic carbocycles. The number of anilines is 1. The molecule has 128 valence electrons. The number of hydrogen-bond donors (Lipinski definition) is 1. The Kier molecular flexibility index (Phi) is 5.03. The number of aryl methyl sites for hydroxylation is 3. The first kappa shape index (κ1) is 17.0. The number of nitrogens with zero attached hydrogens (tertiary/aromatic N) is 1. The molecular formula is C22H24N2O.